The molecular weight excluding hydrogens is 282 g/mol. The van der Waals surface area contributed by atoms with Crippen molar-refractivity contribution in [3.05, 3.63) is 54.0 Å². The van der Waals surface area contributed by atoms with Gasteiger partial charge in [-0.15, -0.1) is 0 Å². The Morgan fingerprint density at radius 1 is 1.32 bits per heavy atom. The molecule has 0 bridgehead atoms. The van der Waals surface area contributed by atoms with Gasteiger partial charge >= 0.3 is 0 Å². The number of furan rings is 1. The van der Waals surface area contributed by atoms with Gasteiger partial charge in [0, 0.05) is 19.0 Å². The third-order valence-corrected chi connectivity index (χ3v) is 4.14. The third kappa shape index (κ3) is 2.85. The first-order chi connectivity index (χ1) is 10.7. The molecule has 5 nitrogen and oxygen atoms in total. The molecule has 0 aliphatic carbocycles. The number of rotatable bonds is 4. The lowest BCUT2D eigenvalue weighted by molar-refractivity contribution is 0.0639. The number of aliphatic hydroxyl groups is 1. The Hall–Kier alpha value is -2.27. The number of phenols is 1. The number of para-hydroxylation sites is 1. The van der Waals surface area contributed by atoms with Crippen molar-refractivity contribution in [1.29, 1.82) is 0 Å². The van der Waals surface area contributed by atoms with Gasteiger partial charge in [0.25, 0.3) is 5.91 Å². The van der Waals surface area contributed by atoms with Crippen LogP contribution in [0.5, 0.6) is 5.75 Å². The highest BCUT2D eigenvalue weighted by atomic mass is 16.4. The summed E-state index contributed by atoms with van der Waals surface area (Å²) in [5.74, 6) is 0.318. The first-order valence-corrected chi connectivity index (χ1v) is 7.47. The van der Waals surface area contributed by atoms with Gasteiger partial charge in [-0.25, -0.2) is 0 Å². The first-order valence-electron chi connectivity index (χ1n) is 7.47. The van der Waals surface area contributed by atoms with Crippen molar-refractivity contribution < 1.29 is 19.4 Å². The number of hydrogen-bond acceptors (Lipinski definition) is 4. The van der Waals surface area contributed by atoms with Gasteiger partial charge in [0.2, 0.25) is 0 Å². The van der Waals surface area contributed by atoms with Crippen LogP contribution < -0.4 is 0 Å². The van der Waals surface area contributed by atoms with Gasteiger partial charge in [0.05, 0.1) is 11.8 Å². The van der Waals surface area contributed by atoms with Gasteiger partial charge in [-0.05, 0) is 37.1 Å². The Balaban J connectivity index is 1.73. The molecule has 1 fully saturated rings. The van der Waals surface area contributed by atoms with Crippen molar-refractivity contribution in [2.45, 2.75) is 31.4 Å². The summed E-state index contributed by atoms with van der Waals surface area (Å²) in [7, 11) is 0. The molecule has 1 aliphatic rings. The van der Waals surface area contributed by atoms with Crippen molar-refractivity contribution in [3.63, 3.8) is 0 Å². The normalized spacial score (nSPS) is 19.3. The standard InChI is InChI=1S/C17H19NO4/c19-14-7-2-1-6-13(14)17(21)18-9-3-5-12(18)11-15(20)16-8-4-10-22-16/h1-2,4,6-8,10,12,15,19-20H,3,5,9,11H2. The lowest BCUT2D eigenvalue weighted by Crippen LogP contribution is -2.36. The summed E-state index contributed by atoms with van der Waals surface area (Å²) in [6.07, 6.45) is 2.98. The van der Waals surface area contributed by atoms with E-state index < -0.39 is 6.10 Å². The zero-order valence-corrected chi connectivity index (χ0v) is 12.2. The van der Waals surface area contributed by atoms with E-state index in [1.807, 2.05) is 0 Å². The summed E-state index contributed by atoms with van der Waals surface area (Å²) in [4.78, 5) is 14.3. The topological polar surface area (TPSA) is 73.9 Å². The van der Waals surface area contributed by atoms with E-state index in [0.29, 0.717) is 24.3 Å². The molecule has 2 unspecified atom stereocenters. The zero-order valence-electron chi connectivity index (χ0n) is 12.2. The van der Waals surface area contributed by atoms with E-state index in [2.05, 4.69) is 0 Å². The molecule has 1 aromatic carbocycles. The van der Waals surface area contributed by atoms with Gasteiger partial charge in [0.15, 0.2) is 0 Å². The minimum absolute atomic E-state index is 0.00951. The van der Waals surface area contributed by atoms with E-state index in [0.717, 1.165) is 12.8 Å². The van der Waals surface area contributed by atoms with Gasteiger partial charge in [0.1, 0.15) is 17.6 Å². The molecule has 2 N–H and O–H groups in total. The lowest BCUT2D eigenvalue weighted by Gasteiger charge is -2.26. The Bertz CT molecular complexity index is 638. The van der Waals surface area contributed by atoms with Crippen LogP contribution in [-0.4, -0.2) is 33.6 Å². The van der Waals surface area contributed by atoms with Crippen LogP contribution in [-0.2, 0) is 0 Å². The largest absolute Gasteiger partial charge is 0.507 e. The quantitative estimate of drug-likeness (QED) is 0.910. The average Bonchev–Trinajstić information content (AvgIpc) is 3.18. The van der Waals surface area contributed by atoms with Crippen LogP contribution in [0.2, 0.25) is 0 Å². The Kier molecular flexibility index (Phi) is 4.15. The predicted molar refractivity (Wildman–Crippen MR) is 80.5 cm³/mol. The Morgan fingerprint density at radius 2 is 2.14 bits per heavy atom. The number of nitrogens with zero attached hydrogens (tertiary/aromatic N) is 1. The van der Waals surface area contributed by atoms with E-state index in [1.54, 1.807) is 35.2 Å². The second-order valence-corrected chi connectivity index (χ2v) is 5.58. The maximum Gasteiger partial charge on any atom is 0.257 e. The maximum absolute atomic E-state index is 12.6. The summed E-state index contributed by atoms with van der Waals surface area (Å²) < 4.78 is 5.21. The number of hydrogen-bond donors (Lipinski definition) is 2. The summed E-state index contributed by atoms with van der Waals surface area (Å²) in [6.45, 7) is 0.642. The number of aromatic hydroxyl groups is 1. The van der Waals surface area contributed by atoms with Crippen LogP contribution in [0.15, 0.2) is 47.1 Å². The summed E-state index contributed by atoms with van der Waals surface area (Å²) >= 11 is 0. The minimum Gasteiger partial charge on any atom is -0.507 e. The zero-order chi connectivity index (χ0) is 15.5. The molecule has 1 amide bonds. The van der Waals surface area contributed by atoms with Crippen LogP contribution in [0.1, 0.15) is 41.5 Å². The minimum atomic E-state index is -0.724. The van der Waals surface area contributed by atoms with Crippen molar-refractivity contribution in [3.8, 4) is 5.75 Å². The number of amides is 1. The van der Waals surface area contributed by atoms with Crippen LogP contribution in [0, 0.1) is 0 Å². The van der Waals surface area contributed by atoms with Gasteiger partial charge in [-0.3, -0.25) is 4.79 Å². The number of carbonyl (C=O) groups is 1. The molecule has 3 rings (SSSR count). The van der Waals surface area contributed by atoms with Gasteiger partial charge in [-0.2, -0.15) is 0 Å². The molecule has 1 aromatic heterocycles. The lowest BCUT2D eigenvalue weighted by atomic mass is 10.0. The second-order valence-electron chi connectivity index (χ2n) is 5.58. The Morgan fingerprint density at radius 3 is 2.86 bits per heavy atom. The highest BCUT2D eigenvalue weighted by Crippen LogP contribution is 2.30. The predicted octanol–water partition coefficient (Wildman–Crippen LogP) is 2.71. The molecule has 0 saturated carbocycles. The molecule has 2 aromatic rings. The Labute approximate surface area is 128 Å². The van der Waals surface area contributed by atoms with Gasteiger partial charge in [-0.1, -0.05) is 12.1 Å². The van der Waals surface area contributed by atoms with Crippen molar-refractivity contribution in [1.82, 2.24) is 4.90 Å². The van der Waals surface area contributed by atoms with E-state index in [9.17, 15) is 15.0 Å². The highest BCUT2D eigenvalue weighted by Gasteiger charge is 2.32. The van der Waals surface area contributed by atoms with Crippen molar-refractivity contribution in [2.24, 2.45) is 0 Å². The number of aliphatic hydroxyl groups excluding tert-OH is 1. The first kappa shape index (κ1) is 14.7. The number of phenolic OH excluding ortho intramolecular Hbond substituents is 1. The molecule has 2 atom stereocenters. The van der Waals surface area contributed by atoms with Crippen LogP contribution in [0.25, 0.3) is 0 Å². The summed E-state index contributed by atoms with van der Waals surface area (Å²) in [5, 5.41) is 20.1. The molecule has 22 heavy (non-hydrogen) atoms. The fourth-order valence-corrected chi connectivity index (χ4v) is 3.01. The highest BCUT2D eigenvalue weighted by molar-refractivity contribution is 5.97. The van der Waals surface area contributed by atoms with Gasteiger partial charge < -0.3 is 19.5 Å². The SMILES string of the molecule is O=C(c1ccccc1O)N1CCCC1CC(O)c1ccco1. The maximum atomic E-state index is 12.6. The van der Waals surface area contributed by atoms with E-state index in [4.69, 9.17) is 4.42 Å². The molecule has 0 spiro atoms. The number of carbonyl (C=O) groups excluding carboxylic acids is 1. The fraction of sp³-hybridized carbons (Fsp3) is 0.353. The van der Waals surface area contributed by atoms with E-state index in [-0.39, 0.29) is 17.7 Å². The van der Waals surface area contributed by atoms with Crippen LogP contribution >= 0.6 is 0 Å². The summed E-state index contributed by atoms with van der Waals surface area (Å²) in [5.41, 5.74) is 0.307. The second kappa shape index (κ2) is 6.23. The monoisotopic (exact) mass is 301 g/mol. The average molecular weight is 301 g/mol. The molecular formula is C17H19NO4. The van der Waals surface area contributed by atoms with Crippen LogP contribution in [0.3, 0.4) is 0 Å². The molecule has 0 radical (unpaired) electrons. The third-order valence-electron chi connectivity index (χ3n) is 4.14. The summed E-state index contributed by atoms with van der Waals surface area (Å²) in [6, 6.07) is 9.97. The van der Waals surface area contributed by atoms with Crippen molar-refractivity contribution in [2.75, 3.05) is 6.54 Å². The molecule has 5 heteroatoms. The molecule has 2 heterocycles. The number of likely N-dealkylation sites (tertiary alicyclic amines) is 1. The smallest absolute Gasteiger partial charge is 0.257 e. The van der Waals surface area contributed by atoms with Crippen LogP contribution in [0.4, 0.5) is 0 Å². The van der Waals surface area contributed by atoms with E-state index >= 15 is 0 Å². The fourth-order valence-electron chi connectivity index (χ4n) is 3.01. The van der Waals surface area contributed by atoms with E-state index in [1.165, 1.54) is 12.3 Å². The molecule has 1 saturated heterocycles. The molecule has 116 valence electrons. The van der Waals surface area contributed by atoms with Crippen molar-refractivity contribution >= 4 is 5.91 Å². The number of benzene rings is 1. The molecule has 1 aliphatic heterocycles.